The number of ether oxygens (including phenoxy) is 1. The van der Waals surface area contributed by atoms with E-state index >= 15 is 0 Å². The molecule has 3 fully saturated rings. The smallest absolute Gasteiger partial charge is 0.190 e. The highest BCUT2D eigenvalue weighted by Crippen LogP contribution is 2.69. The van der Waals surface area contributed by atoms with Crippen molar-refractivity contribution in [2.24, 2.45) is 33.6 Å². The average Bonchev–Trinajstić information content (AvgIpc) is 3.14. The van der Waals surface area contributed by atoms with Crippen molar-refractivity contribution in [3.8, 4) is 0 Å². The number of hydrogen-bond acceptors (Lipinski definition) is 6. The molecule has 156 valence electrons. The zero-order chi connectivity index (χ0) is 26.1. The molecule has 1 heterocycles. The van der Waals surface area contributed by atoms with Gasteiger partial charge in [0.1, 0.15) is 12.7 Å². The molecule has 29 heavy (non-hydrogen) atoms. The van der Waals surface area contributed by atoms with Crippen LogP contribution in [0, 0.1) is 28.6 Å². The number of hydrogen-bond donors (Lipinski definition) is 2. The van der Waals surface area contributed by atoms with Crippen molar-refractivity contribution < 1.29 is 32.8 Å². The number of carbonyl (C=O) groups excluding carboxylic acids is 2. The Bertz CT molecular complexity index is 1140. The lowest BCUT2D eigenvalue weighted by Gasteiger charge is -2.59. The monoisotopic (exact) mass is 405 g/mol. The van der Waals surface area contributed by atoms with Gasteiger partial charge in [-0.05, 0) is 49.6 Å². The number of fused-ring (bicyclic) bond motifs is 7. The molecular formula is C23H29NO5. The van der Waals surface area contributed by atoms with Gasteiger partial charge in [0.2, 0.25) is 0 Å². The van der Waals surface area contributed by atoms with Gasteiger partial charge in [0.15, 0.2) is 23.0 Å². The minimum atomic E-state index is -3.19. The van der Waals surface area contributed by atoms with Crippen LogP contribution in [0.4, 0.5) is 0 Å². The van der Waals surface area contributed by atoms with Crippen molar-refractivity contribution in [1.29, 1.82) is 0 Å². The van der Waals surface area contributed by atoms with Crippen molar-refractivity contribution in [2.75, 3.05) is 6.56 Å². The molecule has 5 rings (SSSR count). The molecule has 0 aromatic carbocycles. The molecule has 0 saturated heterocycles. The molecule has 6 nitrogen and oxygen atoms in total. The number of aliphatic hydroxyl groups is 2. The first-order valence-electron chi connectivity index (χ1n) is 13.1. The molecule has 8 atom stereocenters. The van der Waals surface area contributed by atoms with E-state index in [4.69, 9.17) is 13.0 Å². The number of nitrogens with zero attached hydrogens (tertiary/aromatic N) is 1. The van der Waals surface area contributed by atoms with Gasteiger partial charge in [-0.25, -0.2) is 4.99 Å². The Morgan fingerprint density at radius 3 is 3.00 bits per heavy atom. The van der Waals surface area contributed by atoms with Crippen molar-refractivity contribution in [2.45, 2.75) is 64.2 Å². The Balaban J connectivity index is 1.69. The summed E-state index contributed by atoms with van der Waals surface area (Å²) in [6.07, 6.45) is -2.64. The molecule has 0 aromatic rings. The number of carbonyl (C=O) groups is 2. The quantitative estimate of drug-likeness (QED) is 0.732. The molecule has 6 heteroatoms. The van der Waals surface area contributed by atoms with Crippen LogP contribution in [0.15, 0.2) is 28.7 Å². The first kappa shape index (κ1) is 13.5. The molecule has 1 aliphatic heterocycles. The van der Waals surface area contributed by atoms with Crippen LogP contribution in [0.25, 0.3) is 0 Å². The second-order valence-corrected chi connectivity index (χ2v) is 9.45. The fraction of sp³-hybridized carbons (Fsp3) is 0.696. The standard InChI is InChI=1S/C23H29NO5/c1-12-24-23(18(28)11-25)19(29-12)9-16-15-5-4-13-8-14(26)6-7-21(13,2)20(15)17(27)10-22(16,23)3/h6-8,15-17,19-20,25,27H,4-5,9-11H2,1-3H3/t15-,16-,17-,19+,20+,21-,22-,23+/m0/s1/i4D2,6D,8D,11D2. The van der Waals surface area contributed by atoms with Gasteiger partial charge in [-0.1, -0.05) is 25.5 Å². The van der Waals surface area contributed by atoms with E-state index in [1.807, 2.05) is 0 Å². The van der Waals surface area contributed by atoms with Crippen LogP contribution >= 0.6 is 0 Å². The van der Waals surface area contributed by atoms with Crippen molar-refractivity contribution in [3.05, 3.63) is 23.8 Å². The number of aliphatic hydroxyl groups excluding tert-OH is 1. The van der Waals surface area contributed by atoms with Crippen LogP contribution in [0.2, 0.25) is 0 Å². The molecule has 0 unspecified atom stereocenters. The summed E-state index contributed by atoms with van der Waals surface area (Å²) in [5, 5.41) is 21.7. The van der Waals surface area contributed by atoms with Gasteiger partial charge in [-0.2, -0.15) is 0 Å². The third kappa shape index (κ3) is 2.17. The average molecular weight is 406 g/mol. The molecule has 3 saturated carbocycles. The van der Waals surface area contributed by atoms with E-state index in [0.717, 1.165) is 0 Å². The minimum Gasteiger partial charge on any atom is -0.475 e. The lowest BCUT2D eigenvalue weighted by molar-refractivity contribution is -0.146. The van der Waals surface area contributed by atoms with Crippen molar-refractivity contribution in [3.63, 3.8) is 0 Å². The van der Waals surface area contributed by atoms with E-state index in [1.165, 1.54) is 6.08 Å². The minimum absolute atomic E-state index is 0.00832. The van der Waals surface area contributed by atoms with Gasteiger partial charge in [0.25, 0.3) is 0 Å². The van der Waals surface area contributed by atoms with Gasteiger partial charge in [-0.3, -0.25) is 9.59 Å². The molecule has 5 aliphatic rings. The van der Waals surface area contributed by atoms with E-state index in [-0.39, 0.29) is 30.7 Å². The predicted octanol–water partition coefficient (Wildman–Crippen LogP) is 1.99. The predicted molar refractivity (Wildman–Crippen MR) is 106 cm³/mol. The summed E-state index contributed by atoms with van der Waals surface area (Å²) in [7, 11) is 0. The van der Waals surface area contributed by atoms with Crippen molar-refractivity contribution in [1.82, 2.24) is 0 Å². The van der Waals surface area contributed by atoms with E-state index in [9.17, 15) is 19.8 Å². The lowest BCUT2D eigenvalue weighted by Crippen LogP contribution is -2.62. The normalized spacial score (nSPS) is 55.9. The fourth-order valence-corrected chi connectivity index (χ4v) is 7.12. The van der Waals surface area contributed by atoms with Crippen LogP contribution in [0.3, 0.4) is 0 Å². The second kappa shape index (κ2) is 5.88. The first-order valence-corrected chi connectivity index (χ1v) is 10.1. The van der Waals surface area contributed by atoms with Crippen LogP contribution in [-0.2, 0) is 14.3 Å². The third-order valence-corrected chi connectivity index (χ3v) is 8.23. The van der Waals surface area contributed by atoms with Gasteiger partial charge < -0.3 is 14.9 Å². The zero-order valence-electron chi connectivity index (χ0n) is 22.7. The van der Waals surface area contributed by atoms with Crippen LogP contribution < -0.4 is 0 Å². The van der Waals surface area contributed by atoms with Crippen molar-refractivity contribution >= 4 is 17.5 Å². The molecule has 0 radical (unpaired) electrons. The Hall–Kier alpha value is -1.79. The zero-order valence-corrected chi connectivity index (χ0v) is 16.7. The van der Waals surface area contributed by atoms with Crippen LogP contribution in [0.5, 0.6) is 0 Å². The SMILES string of the molecule is [2H]C1=C[C@@]2(C)C(=C([2H])C1=O)C([2H])([2H])C[C@@H]1[C@@H]2[C@@H](O)C[C@@]2(C)[C@H]1C[C@H]1OC(C)=N[C@]12C(=O)C([2H])([2H])O. The van der Waals surface area contributed by atoms with Gasteiger partial charge in [0.05, 0.1) is 11.6 Å². The Morgan fingerprint density at radius 2 is 2.28 bits per heavy atom. The largest absolute Gasteiger partial charge is 0.475 e. The van der Waals surface area contributed by atoms with E-state index in [0.29, 0.717) is 0 Å². The molecule has 0 bridgehead atoms. The summed E-state index contributed by atoms with van der Waals surface area (Å²) in [6, 6.07) is -0.957. The summed E-state index contributed by atoms with van der Waals surface area (Å²) in [5.41, 5.74) is -4.24. The molecular weight excluding hydrogens is 370 g/mol. The summed E-state index contributed by atoms with van der Waals surface area (Å²) in [5.74, 6) is -3.43. The van der Waals surface area contributed by atoms with Crippen LogP contribution in [-0.4, -0.2) is 52.0 Å². The Labute approximate surface area is 179 Å². The summed E-state index contributed by atoms with van der Waals surface area (Å²) in [6.45, 7) is 1.74. The van der Waals surface area contributed by atoms with E-state index in [1.54, 1.807) is 20.8 Å². The molecule has 0 spiro atoms. The Kier molecular flexibility index (Phi) is 2.74. The van der Waals surface area contributed by atoms with Gasteiger partial charge >= 0.3 is 0 Å². The highest BCUT2D eigenvalue weighted by molar-refractivity contribution is 6.01. The van der Waals surface area contributed by atoms with Crippen LogP contribution in [0.1, 0.15) is 54.6 Å². The van der Waals surface area contributed by atoms with E-state index in [2.05, 4.69) is 4.99 Å². The topological polar surface area (TPSA) is 96.2 Å². The maximum Gasteiger partial charge on any atom is 0.190 e. The summed E-state index contributed by atoms with van der Waals surface area (Å²) < 4.78 is 55.5. The molecule has 4 aliphatic carbocycles. The summed E-state index contributed by atoms with van der Waals surface area (Å²) >= 11 is 0. The summed E-state index contributed by atoms with van der Waals surface area (Å²) in [4.78, 5) is 30.3. The maximum absolute atomic E-state index is 13.4. The van der Waals surface area contributed by atoms with Gasteiger partial charge in [0, 0.05) is 26.4 Å². The molecule has 2 N–H and O–H groups in total. The number of ketones is 2. The number of Topliss-reactive ketones (excluding diaryl/α,β-unsaturated/α-hetero) is 1. The molecule has 0 aromatic heterocycles. The van der Waals surface area contributed by atoms with Gasteiger partial charge in [-0.15, -0.1) is 0 Å². The number of rotatable bonds is 2. The third-order valence-electron chi connectivity index (χ3n) is 8.23. The lowest BCUT2D eigenvalue weighted by atomic mass is 9.46. The van der Waals surface area contributed by atoms with E-state index < -0.39 is 82.9 Å². The highest BCUT2D eigenvalue weighted by Gasteiger charge is 2.74. The first-order chi connectivity index (χ1) is 15.9. The second-order valence-electron chi connectivity index (χ2n) is 9.45. The Morgan fingerprint density at radius 1 is 1.52 bits per heavy atom. The fourth-order valence-electron chi connectivity index (χ4n) is 7.12. The number of allylic oxidation sites excluding steroid dienone is 4. The number of aliphatic imine (C=N–C) groups is 1. The highest BCUT2D eigenvalue weighted by atomic mass is 16.5. The molecule has 0 amide bonds. The maximum atomic E-state index is 13.4.